The van der Waals surface area contributed by atoms with Crippen LogP contribution in [0.15, 0.2) is 12.1 Å². The minimum atomic E-state index is -0.650. The highest BCUT2D eigenvalue weighted by Crippen LogP contribution is 2.35. The Morgan fingerprint density at radius 2 is 2.09 bits per heavy atom. The Hall–Kier alpha value is -0.520. The number of hydrogen-bond donors (Lipinski definition) is 1. The lowest BCUT2D eigenvalue weighted by molar-refractivity contribution is -0.0827. The zero-order valence-electron chi connectivity index (χ0n) is 13.9. The van der Waals surface area contributed by atoms with Crippen molar-refractivity contribution < 1.29 is 14.6 Å². The summed E-state index contributed by atoms with van der Waals surface area (Å²) in [6.45, 7) is 5.00. The Bertz CT molecular complexity index is 541. The van der Waals surface area contributed by atoms with E-state index in [2.05, 4.69) is 11.8 Å². The predicted octanol–water partition coefficient (Wildman–Crippen LogP) is 3.61. The monoisotopic (exact) mass is 361 g/mol. The van der Waals surface area contributed by atoms with Crippen molar-refractivity contribution in [2.45, 2.75) is 31.9 Å². The average molecular weight is 362 g/mol. The summed E-state index contributed by atoms with van der Waals surface area (Å²) < 4.78 is 10.5. The quantitative estimate of drug-likeness (QED) is 0.840. The molecule has 0 saturated carbocycles. The van der Waals surface area contributed by atoms with E-state index in [4.69, 9.17) is 32.7 Å². The maximum Gasteiger partial charge on any atom is 0.142 e. The summed E-state index contributed by atoms with van der Waals surface area (Å²) >= 11 is 12.3. The topological polar surface area (TPSA) is 41.9 Å². The molecule has 130 valence electrons. The zero-order chi connectivity index (χ0) is 17.0. The molecular formula is C17H25Cl2NO3. The molecule has 1 aliphatic heterocycles. The highest BCUT2D eigenvalue weighted by Gasteiger charge is 2.38. The minimum Gasteiger partial charge on any atom is -0.495 e. The van der Waals surface area contributed by atoms with Gasteiger partial charge in [-0.3, -0.25) is 4.90 Å². The molecule has 0 aliphatic carbocycles. The Morgan fingerprint density at radius 1 is 1.35 bits per heavy atom. The molecule has 0 radical (unpaired) electrons. The Balaban J connectivity index is 2.06. The van der Waals surface area contributed by atoms with Crippen LogP contribution in [-0.4, -0.2) is 49.5 Å². The number of ether oxygens (including phenoxy) is 2. The van der Waals surface area contributed by atoms with E-state index in [-0.39, 0.29) is 5.92 Å². The number of methoxy groups -OCH3 is 2. The van der Waals surface area contributed by atoms with Gasteiger partial charge in [0.2, 0.25) is 0 Å². The van der Waals surface area contributed by atoms with Crippen molar-refractivity contribution >= 4 is 23.2 Å². The van der Waals surface area contributed by atoms with E-state index in [0.717, 1.165) is 25.1 Å². The van der Waals surface area contributed by atoms with Crippen LogP contribution in [0, 0.1) is 5.92 Å². The molecule has 1 fully saturated rings. The molecule has 1 aromatic rings. The number of halogens is 2. The molecule has 0 unspecified atom stereocenters. The first-order chi connectivity index (χ1) is 10.9. The number of benzene rings is 1. The molecule has 1 saturated heterocycles. The molecule has 6 heteroatoms. The van der Waals surface area contributed by atoms with Crippen LogP contribution in [-0.2, 0) is 11.3 Å². The Morgan fingerprint density at radius 3 is 2.70 bits per heavy atom. The van der Waals surface area contributed by atoms with Crippen molar-refractivity contribution in [3.05, 3.63) is 27.7 Å². The molecule has 2 atom stereocenters. The summed E-state index contributed by atoms with van der Waals surface area (Å²) in [6.07, 6.45) is 1.40. The summed E-state index contributed by atoms with van der Waals surface area (Å²) in [5, 5.41) is 11.9. The van der Waals surface area contributed by atoms with Crippen LogP contribution >= 0.6 is 23.2 Å². The third kappa shape index (κ3) is 4.52. The van der Waals surface area contributed by atoms with Gasteiger partial charge in [0.25, 0.3) is 0 Å². The zero-order valence-corrected chi connectivity index (χ0v) is 15.5. The lowest BCUT2D eigenvalue weighted by atomic mass is 9.80. The van der Waals surface area contributed by atoms with Crippen molar-refractivity contribution in [3.8, 4) is 5.75 Å². The SMILES string of the molecule is COCC[C@]1(O)CCN(Cc2cc(Cl)cc(Cl)c2OC)C[C@H]1C. The van der Waals surface area contributed by atoms with Crippen LogP contribution in [0.3, 0.4) is 0 Å². The predicted molar refractivity (Wildman–Crippen MR) is 93.5 cm³/mol. The first kappa shape index (κ1) is 18.8. The van der Waals surface area contributed by atoms with E-state index in [0.29, 0.717) is 35.4 Å². The number of likely N-dealkylation sites (tertiary alicyclic amines) is 1. The van der Waals surface area contributed by atoms with Gasteiger partial charge in [0.15, 0.2) is 0 Å². The smallest absolute Gasteiger partial charge is 0.142 e. The fourth-order valence-electron chi connectivity index (χ4n) is 3.24. The van der Waals surface area contributed by atoms with E-state index in [1.54, 1.807) is 20.3 Å². The van der Waals surface area contributed by atoms with Gasteiger partial charge >= 0.3 is 0 Å². The molecule has 4 nitrogen and oxygen atoms in total. The van der Waals surface area contributed by atoms with Gasteiger partial charge in [0.05, 0.1) is 17.7 Å². The lowest BCUT2D eigenvalue weighted by Crippen LogP contribution is -2.51. The van der Waals surface area contributed by atoms with Crippen LogP contribution in [0.2, 0.25) is 10.0 Å². The molecule has 1 N–H and O–H groups in total. The molecule has 1 aliphatic rings. The average Bonchev–Trinajstić information content (AvgIpc) is 2.49. The highest BCUT2D eigenvalue weighted by atomic mass is 35.5. The lowest BCUT2D eigenvalue weighted by Gasteiger charge is -2.43. The van der Waals surface area contributed by atoms with Gasteiger partial charge in [-0.15, -0.1) is 0 Å². The third-order valence-electron chi connectivity index (χ3n) is 4.73. The van der Waals surface area contributed by atoms with E-state index in [1.165, 1.54) is 0 Å². The molecule has 0 spiro atoms. The molecule has 23 heavy (non-hydrogen) atoms. The third-order valence-corrected chi connectivity index (χ3v) is 5.23. The van der Waals surface area contributed by atoms with Crippen LogP contribution in [0.25, 0.3) is 0 Å². The molecule has 0 bridgehead atoms. The van der Waals surface area contributed by atoms with Gasteiger partial charge < -0.3 is 14.6 Å². The number of hydrogen-bond acceptors (Lipinski definition) is 4. The number of piperidine rings is 1. The maximum absolute atomic E-state index is 10.8. The van der Waals surface area contributed by atoms with Gasteiger partial charge in [-0.25, -0.2) is 0 Å². The van der Waals surface area contributed by atoms with Crippen LogP contribution in [0.1, 0.15) is 25.3 Å². The second kappa shape index (κ2) is 8.04. The number of rotatable bonds is 6. The largest absolute Gasteiger partial charge is 0.495 e. The molecule has 0 aromatic heterocycles. The standard InChI is InChI=1S/C17H25Cl2NO3/c1-12-10-20(6-4-17(12,21)5-7-22-2)11-13-8-14(18)9-15(19)16(13)23-3/h8-9,12,21H,4-7,10-11H2,1-3H3/t12-,17-/m1/s1. The first-order valence-corrected chi connectivity index (χ1v) is 8.61. The van der Waals surface area contributed by atoms with E-state index in [1.807, 2.05) is 6.07 Å². The van der Waals surface area contributed by atoms with Gasteiger partial charge in [-0.2, -0.15) is 0 Å². The number of nitrogens with zero attached hydrogens (tertiary/aromatic N) is 1. The van der Waals surface area contributed by atoms with Crippen molar-refractivity contribution in [2.24, 2.45) is 5.92 Å². The summed E-state index contributed by atoms with van der Waals surface area (Å²) in [5.74, 6) is 0.844. The highest BCUT2D eigenvalue weighted by molar-refractivity contribution is 6.35. The van der Waals surface area contributed by atoms with Gasteiger partial charge in [0, 0.05) is 43.9 Å². The molecule has 0 amide bonds. The van der Waals surface area contributed by atoms with Crippen molar-refractivity contribution in [1.82, 2.24) is 4.90 Å². The fraction of sp³-hybridized carbons (Fsp3) is 0.647. The Kier molecular flexibility index (Phi) is 6.57. The van der Waals surface area contributed by atoms with E-state index in [9.17, 15) is 5.11 Å². The fourth-order valence-corrected chi connectivity index (χ4v) is 3.85. The van der Waals surface area contributed by atoms with Crippen molar-refractivity contribution in [3.63, 3.8) is 0 Å². The summed E-state index contributed by atoms with van der Waals surface area (Å²) in [6, 6.07) is 3.58. The molecule has 1 heterocycles. The number of aliphatic hydroxyl groups is 1. The normalized spacial score (nSPS) is 25.6. The van der Waals surface area contributed by atoms with Gasteiger partial charge in [0.1, 0.15) is 5.75 Å². The Labute approximate surface area is 148 Å². The minimum absolute atomic E-state index is 0.173. The van der Waals surface area contributed by atoms with Crippen molar-refractivity contribution in [1.29, 1.82) is 0 Å². The van der Waals surface area contributed by atoms with Crippen LogP contribution in [0.4, 0.5) is 0 Å². The van der Waals surface area contributed by atoms with E-state index < -0.39 is 5.60 Å². The van der Waals surface area contributed by atoms with Crippen LogP contribution < -0.4 is 4.74 Å². The van der Waals surface area contributed by atoms with Gasteiger partial charge in [-0.1, -0.05) is 30.1 Å². The molecule has 1 aromatic carbocycles. The molecular weight excluding hydrogens is 337 g/mol. The molecule has 2 rings (SSSR count). The van der Waals surface area contributed by atoms with Crippen molar-refractivity contribution in [2.75, 3.05) is 33.9 Å². The second-order valence-corrected chi connectivity index (χ2v) is 7.16. The van der Waals surface area contributed by atoms with Gasteiger partial charge in [-0.05, 0) is 30.9 Å². The maximum atomic E-state index is 10.8. The summed E-state index contributed by atoms with van der Waals surface area (Å²) in [5.41, 5.74) is 0.322. The van der Waals surface area contributed by atoms with Crippen LogP contribution in [0.5, 0.6) is 5.75 Å². The first-order valence-electron chi connectivity index (χ1n) is 7.85. The summed E-state index contributed by atoms with van der Waals surface area (Å²) in [7, 11) is 3.28. The van der Waals surface area contributed by atoms with E-state index >= 15 is 0 Å². The summed E-state index contributed by atoms with van der Waals surface area (Å²) in [4.78, 5) is 2.30. The second-order valence-electron chi connectivity index (χ2n) is 6.31.